The Balaban J connectivity index is 1.57. The molecule has 2 N–H and O–H groups in total. The van der Waals surface area contributed by atoms with Gasteiger partial charge >= 0.3 is 0 Å². The van der Waals surface area contributed by atoms with Gasteiger partial charge in [-0.15, -0.1) is 0 Å². The second kappa shape index (κ2) is 8.24. The van der Waals surface area contributed by atoms with Crippen LogP contribution >= 0.6 is 15.9 Å². The van der Waals surface area contributed by atoms with Crippen LogP contribution in [0.1, 0.15) is 19.1 Å². The molecule has 0 bridgehead atoms. The predicted molar refractivity (Wildman–Crippen MR) is 101 cm³/mol. The third-order valence-corrected chi connectivity index (χ3v) is 4.57. The minimum atomic E-state index is 0.392. The Hall–Kier alpha value is -1.95. The lowest BCUT2D eigenvalue weighted by molar-refractivity contribution is 0.511. The Morgan fingerprint density at radius 1 is 1.33 bits per heavy atom. The minimum Gasteiger partial charge on any atom is -0.467 e. The van der Waals surface area contributed by atoms with E-state index in [-0.39, 0.29) is 0 Å². The highest BCUT2D eigenvalue weighted by molar-refractivity contribution is 9.10. The van der Waals surface area contributed by atoms with Crippen molar-refractivity contribution in [2.75, 3.05) is 24.5 Å². The molecule has 1 atom stereocenters. The van der Waals surface area contributed by atoms with Crippen molar-refractivity contribution in [1.82, 2.24) is 10.6 Å². The number of hydrogen-bond acceptors (Lipinski definition) is 3. The molecule has 1 unspecified atom stereocenters. The number of hydrogen-bond donors (Lipinski definition) is 2. The molecule has 128 valence electrons. The molecule has 1 saturated heterocycles. The molecule has 1 aromatic heterocycles. The van der Waals surface area contributed by atoms with Gasteiger partial charge in [0.25, 0.3) is 0 Å². The molecule has 0 aliphatic carbocycles. The zero-order chi connectivity index (χ0) is 16.8. The largest absolute Gasteiger partial charge is 0.467 e. The van der Waals surface area contributed by atoms with Crippen LogP contribution in [0.5, 0.6) is 0 Å². The van der Waals surface area contributed by atoms with Crippen LogP contribution in [-0.4, -0.2) is 31.6 Å². The van der Waals surface area contributed by atoms with Gasteiger partial charge in [-0.3, -0.25) is 0 Å². The molecule has 24 heavy (non-hydrogen) atoms. The second-order valence-corrected chi connectivity index (χ2v) is 6.74. The molecule has 5 nitrogen and oxygen atoms in total. The fourth-order valence-corrected chi connectivity index (χ4v) is 3.10. The number of halogens is 1. The Morgan fingerprint density at radius 2 is 2.17 bits per heavy atom. The average molecular weight is 391 g/mol. The molecule has 6 heteroatoms. The van der Waals surface area contributed by atoms with Crippen LogP contribution in [0.15, 0.2) is 56.5 Å². The molecule has 0 saturated carbocycles. The number of anilines is 1. The lowest BCUT2D eigenvalue weighted by Crippen LogP contribution is -2.44. The number of nitrogens with zero attached hydrogens (tertiary/aromatic N) is 2. The van der Waals surface area contributed by atoms with Crippen LogP contribution in [0.25, 0.3) is 0 Å². The summed E-state index contributed by atoms with van der Waals surface area (Å²) >= 11 is 3.49. The van der Waals surface area contributed by atoms with Gasteiger partial charge in [-0.2, -0.15) is 0 Å². The quantitative estimate of drug-likeness (QED) is 0.606. The average Bonchev–Trinajstić information content (AvgIpc) is 3.25. The SMILES string of the molecule is CCNC(=NCc1ccco1)NC1CCN(c2ccc(Br)cc2)C1. The number of aliphatic imine (C=N–C) groups is 1. The summed E-state index contributed by atoms with van der Waals surface area (Å²) in [5, 5.41) is 6.84. The highest BCUT2D eigenvalue weighted by Crippen LogP contribution is 2.22. The van der Waals surface area contributed by atoms with E-state index >= 15 is 0 Å². The van der Waals surface area contributed by atoms with Gasteiger partial charge in [0.1, 0.15) is 12.3 Å². The summed E-state index contributed by atoms with van der Waals surface area (Å²) in [4.78, 5) is 7.01. The van der Waals surface area contributed by atoms with E-state index in [0.717, 1.165) is 42.2 Å². The van der Waals surface area contributed by atoms with Crippen LogP contribution in [0.4, 0.5) is 5.69 Å². The number of furan rings is 1. The van der Waals surface area contributed by atoms with Crippen molar-refractivity contribution in [3.63, 3.8) is 0 Å². The predicted octanol–water partition coefficient (Wildman–Crippen LogP) is 3.38. The Labute approximate surface area is 151 Å². The molecule has 0 spiro atoms. The summed E-state index contributed by atoms with van der Waals surface area (Å²) in [5.41, 5.74) is 1.26. The molecule has 1 aromatic carbocycles. The zero-order valence-electron chi connectivity index (χ0n) is 13.8. The summed E-state index contributed by atoms with van der Waals surface area (Å²) in [6.45, 7) is 5.50. The van der Waals surface area contributed by atoms with Gasteiger partial charge in [0.05, 0.1) is 6.26 Å². The number of nitrogens with one attached hydrogen (secondary N) is 2. The smallest absolute Gasteiger partial charge is 0.191 e. The molecule has 2 aromatic rings. The van der Waals surface area contributed by atoms with Crippen LogP contribution in [0.2, 0.25) is 0 Å². The Morgan fingerprint density at radius 3 is 2.88 bits per heavy atom. The minimum absolute atomic E-state index is 0.392. The topological polar surface area (TPSA) is 52.8 Å². The van der Waals surface area contributed by atoms with Crippen LogP contribution in [0.3, 0.4) is 0 Å². The van der Waals surface area contributed by atoms with E-state index in [2.05, 4.69) is 67.6 Å². The lowest BCUT2D eigenvalue weighted by Gasteiger charge is -2.20. The molecule has 3 rings (SSSR count). The van der Waals surface area contributed by atoms with Gasteiger partial charge < -0.3 is 20.0 Å². The van der Waals surface area contributed by atoms with Crippen LogP contribution < -0.4 is 15.5 Å². The van der Waals surface area contributed by atoms with E-state index in [9.17, 15) is 0 Å². The first-order valence-electron chi connectivity index (χ1n) is 8.32. The van der Waals surface area contributed by atoms with E-state index in [0.29, 0.717) is 12.6 Å². The molecular weight excluding hydrogens is 368 g/mol. The standard InChI is InChI=1S/C18H23BrN4O/c1-2-20-18(21-12-17-4-3-11-24-17)22-15-9-10-23(13-15)16-7-5-14(19)6-8-16/h3-8,11,15H,2,9-10,12-13H2,1H3,(H2,20,21,22). The van der Waals surface area contributed by atoms with E-state index in [4.69, 9.17) is 4.42 Å². The van der Waals surface area contributed by atoms with Crippen molar-refractivity contribution in [2.24, 2.45) is 4.99 Å². The fraction of sp³-hybridized carbons (Fsp3) is 0.389. The van der Waals surface area contributed by atoms with Crippen molar-refractivity contribution < 1.29 is 4.42 Å². The first kappa shape index (κ1) is 16.9. The summed E-state index contributed by atoms with van der Waals surface area (Å²) in [7, 11) is 0. The molecule has 1 aliphatic heterocycles. The molecule has 2 heterocycles. The highest BCUT2D eigenvalue weighted by Gasteiger charge is 2.23. The van der Waals surface area contributed by atoms with Gasteiger partial charge in [0.2, 0.25) is 0 Å². The maximum Gasteiger partial charge on any atom is 0.191 e. The molecule has 1 fully saturated rings. The highest BCUT2D eigenvalue weighted by atomic mass is 79.9. The third kappa shape index (κ3) is 4.54. The molecule has 0 amide bonds. The van der Waals surface area contributed by atoms with Gasteiger partial charge in [0.15, 0.2) is 5.96 Å². The summed E-state index contributed by atoms with van der Waals surface area (Å²) in [6.07, 6.45) is 2.78. The zero-order valence-corrected chi connectivity index (χ0v) is 15.4. The van der Waals surface area contributed by atoms with E-state index in [1.807, 2.05) is 12.1 Å². The number of rotatable bonds is 5. The molecule has 1 aliphatic rings. The monoisotopic (exact) mass is 390 g/mol. The fourth-order valence-electron chi connectivity index (χ4n) is 2.84. The van der Waals surface area contributed by atoms with Gasteiger partial charge in [-0.1, -0.05) is 15.9 Å². The molecule has 0 radical (unpaired) electrons. The maximum absolute atomic E-state index is 5.34. The first-order valence-corrected chi connectivity index (χ1v) is 9.11. The van der Waals surface area contributed by atoms with Crippen molar-refractivity contribution in [3.8, 4) is 0 Å². The third-order valence-electron chi connectivity index (χ3n) is 4.04. The number of guanidine groups is 1. The van der Waals surface area contributed by atoms with Crippen molar-refractivity contribution >= 4 is 27.6 Å². The Kier molecular flexibility index (Phi) is 5.80. The van der Waals surface area contributed by atoms with Crippen molar-refractivity contribution in [2.45, 2.75) is 25.9 Å². The Bertz CT molecular complexity index is 654. The van der Waals surface area contributed by atoms with Gasteiger partial charge in [-0.25, -0.2) is 4.99 Å². The summed E-state index contributed by atoms with van der Waals surface area (Å²) < 4.78 is 6.45. The van der Waals surface area contributed by atoms with Crippen LogP contribution in [-0.2, 0) is 6.54 Å². The van der Waals surface area contributed by atoms with E-state index in [1.54, 1.807) is 6.26 Å². The van der Waals surface area contributed by atoms with Crippen molar-refractivity contribution in [3.05, 3.63) is 52.9 Å². The number of benzene rings is 1. The molecular formula is C18H23BrN4O. The summed E-state index contributed by atoms with van der Waals surface area (Å²) in [6, 6.07) is 12.7. The van der Waals surface area contributed by atoms with Gasteiger partial charge in [-0.05, 0) is 49.7 Å². The van der Waals surface area contributed by atoms with Crippen LogP contribution in [0, 0.1) is 0 Å². The maximum atomic E-state index is 5.34. The lowest BCUT2D eigenvalue weighted by atomic mass is 10.3. The first-order chi connectivity index (χ1) is 11.7. The van der Waals surface area contributed by atoms with E-state index in [1.165, 1.54) is 5.69 Å². The second-order valence-electron chi connectivity index (χ2n) is 5.83. The van der Waals surface area contributed by atoms with Gasteiger partial charge in [0, 0.05) is 35.8 Å². The van der Waals surface area contributed by atoms with E-state index < -0.39 is 0 Å². The summed E-state index contributed by atoms with van der Waals surface area (Å²) in [5.74, 6) is 1.71. The van der Waals surface area contributed by atoms with Crippen molar-refractivity contribution in [1.29, 1.82) is 0 Å². The normalized spacial score (nSPS) is 18.0.